The third kappa shape index (κ3) is 6.80. The SMILES string of the molecule is C=C(N)c1ccc(CNC(=O)[C@H]2CCN2C(=O)[C@@H](NCC(=O)NCNC)C2CCCCC2)cc1. The molecule has 1 saturated heterocycles. The van der Waals surface area contributed by atoms with E-state index in [-0.39, 0.29) is 30.2 Å². The highest BCUT2D eigenvalue weighted by atomic mass is 16.2. The highest BCUT2D eigenvalue weighted by Gasteiger charge is 2.42. The summed E-state index contributed by atoms with van der Waals surface area (Å²) in [5.41, 5.74) is 8.00. The minimum atomic E-state index is -0.471. The van der Waals surface area contributed by atoms with Crippen LogP contribution in [0.4, 0.5) is 0 Å². The van der Waals surface area contributed by atoms with Gasteiger partial charge in [0.25, 0.3) is 0 Å². The maximum Gasteiger partial charge on any atom is 0.243 e. The van der Waals surface area contributed by atoms with Gasteiger partial charge in [-0.15, -0.1) is 0 Å². The number of nitrogens with zero attached hydrogens (tertiary/aromatic N) is 1. The lowest BCUT2D eigenvalue weighted by Gasteiger charge is -2.43. The summed E-state index contributed by atoms with van der Waals surface area (Å²) >= 11 is 0. The van der Waals surface area contributed by atoms with Crippen LogP contribution in [0.15, 0.2) is 30.8 Å². The van der Waals surface area contributed by atoms with Crippen molar-refractivity contribution in [3.63, 3.8) is 0 Å². The van der Waals surface area contributed by atoms with Gasteiger partial charge in [0.15, 0.2) is 0 Å². The van der Waals surface area contributed by atoms with Gasteiger partial charge in [-0.3, -0.25) is 19.7 Å². The van der Waals surface area contributed by atoms with Crippen LogP contribution in [0.1, 0.15) is 49.7 Å². The molecule has 186 valence electrons. The van der Waals surface area contributed by atoms with Gasteiger partial charge in [-0.05, 0) is 43.4 Å². The number of carbonyl (C=O) groups is 3. The maximum absolute atomic E-state index is 13.5. The second-order valence-corrected chi connectivity index (χ2v) is 9.16. The molecule has 34 heavy (non-hydrogen) atoms. The Morgan fingerprint density at radius 1 is 1.09 bits per heavy atom. The van der Waals surface area contributed by atoms with E-state index in [2.05, 4.69) is 27.8 Å². The minimum Gasteiger partial charge on any atom is -0.399 e. The second kappa shape index (κ2) is 12.5. The second-order valence-electron chi connectivity index (χ2n) is 9.16. The Morgan fingerprint density at radius 2 is 1.79 bits per heavy atom. The summed E-state index contributed by atoms with van der Waals surface area (Å²) in [7, 11) is 1.75. The zero-order valence-electron chi connectivity index (χ0n) is 20.1. The van der Waals surface area contributed by atoms with E-state index in [0.717, 1.165) is 36.8 Å². The fourth-order valence-electron chi connectivity index (χ4n) is 4.62. The van der Waals surface area contributed by atoms with Gasteiger partial charge in [0.1, 0.15) is 6.04 Å². The van der Waals surface area contributed by atoms with E-state index in [1.54, 1.807) is 11.9 Å². The zero-order chi connectivity index (χ0) is 24.5. The Morgan fingerprint density at radius 3 is 2.38 bits per heavy atom. The first kappa shape index (κ1) is 25.7. The van der Waals surface area contributed by atoms with Crippen LogP contribution in [0.3, 0.4) is 0 Å². The van der Waals surface area contributed by atoms with E-state index in [1.807, 2.05) is 24.3 Å². The molecule has 2 atom stereocenters. The van der Waals surface area contributed by atoms with Crippen LogP contribution in [0.25, 0.3) is 5.70 Å². The van der Waals surface area contributed by atoms with Crippen LogP contribution in [0.2, 0.25) is 0 Å². The number of carbonyl (C=O) groups excluding carboxylic acids is 3. The number of rotatable bonds is 11. The van der Waals surface area contributed by atoms with Crippen molar-refractivity contribution < 1.29 is 14.4 Å². The molecule has 1 heterocycles. The summed E-state index contributed by atoms with van der Waals surface area (Å²) in [5, 5.41) is 11.8. The lowest BCUT2D eigenvalue weighted by atomic mass is 9.82. The molecule has 3 rings (SSSR count). The van der Waals surface area contributed by atoms with Gasteiger partial charge in [0.05, 0.1) is 19.3 Å². The monoisotopic (exact) mass is 470 g/mol. The van der Waals surface area contributed by atoms with E-state index in [9.17, 15) is 14.4 Å². The Bertz CT molecular complexity index is 866. The molecule has 1 aliphatic carbocycles. The van der Waals surface area contributed by atoms with E-state index in [4.69, 9.17) is 5.73 Å². The molecule has 0 aromatic heterocycles. The summed E-state index contributed by atoms with van der Waals surface area (Å²) in [6, 6.07) is 6.63. The predicted molar refractivity (Wildman–Crippen MR) is 132 cm³/mol. The Hall–Kier alpha value is -2.91. The number of nitrogens with one attached hydrogen (secondary N) is 4. The third-order valence-corrected chi connectivity index (χ3v) is 6.73. The van der Waals surface area contributed by atoms with Gasteiger partial charge < -0.3 is 26.6 Å². The molecule has 0 unspecified atom stereocenters. The van der Waals surface area contributed by atoms with Crippen molar-refractivity contribution in [2.24, 2.45) is 11.7 Å². The highest BCUT2D eigenvalue weighted by molar-refractivity contribution is 5.92. The Labute approximate surface area is 201 Å². The summed E-state index contributed by atoms with van der Waals surface area (Å²) in [5.74, 6) is -0.213. The standard InChI is InChI=1S/C25H38N6O3/c1-17(26)19-10-8-18(9-11-19)14-29-24(33)21-12-13-31(21)25(34)23(20-6-4-3-5-7-20)28-15-22(32)30-16-27-2/h8-11,20-21,23,27-28H,1,3-7,12-16,26H2,2H3,(H,29,33)(H,30,32)/t21-,23+/m1/s1. The molecular formula is C25H38N6O3. The molecule has 2 aliphatic rings. The predicted octanol–water partition coefficient (Wildman–Crippen LogP) is 0.665. The quantitative estimate of drug-likeness (QED) is 0.302. The summed E-state index contributed by atoms with van der Waals surface area (Å²) in [4.78, 5) is 40.1. The first-order valence-corrected chi connectivity index (χ1v) is 12.2. The normalized spacial score (nSPS) is 19.1. The van der Waals surface area contributed by atoms with Crippen molar-refractivity contribution in [3.8, 4) is 0 Å². The molecule has 0 spiro atoms. The molecular weight excluding hydrogens is 432 g/mol. The Kier molecular flexibility index (Phi) is 9.47. The first-order chi connectivity index (χ1) is 16.4. The van der Waals surface area contributed by atoms with Gasteiger partial charge in [0.2, 0.25) is 17.7 Å². The average molecular weight is 471 g/mol. The van der Waals surface area contributed by atoms with E-state index < -0.39 is 12.1 Å². The summed E-state index contributed by atoms with van der Waals surface area (Å²) < 4.78 is 0. The van der Waals surface area contributed by atoms with Crippen LogP contribution in [0.5, 0.6) is 0 Å². The van der Waals surface area contributed by atoms with Gasteiger partial charge in [-0.2, -0.15) is 0 Å². The van der Waals surface area contributed by atoms with Crippen LogP contribution in [0, 0.1) is 5.92 Å². The number of benzene rings is 1. The summed E-state index contributed by atoms with van der Waals surface area (Å²) in [6.45, 7) is 5.11. The summed E-state index contributed by atoms with van der Waals surface area (Å²) in [6.07, 6.45) is 5.90. The third-order valence-electron chi connectivity index (χ3n) is 6.73. The van der Waals surface area contributed by atoms with Crippen molar-refractivity contribution in [1.29, 1.82) is 0 Å². The maximum atomic E-state index is 13.5. The van der Waals surface area contributed by atoms with Crippen molar-refractivity contribution >= 4 is 23.4 Å². The van der Waals surface area contributed by atoms with Crippen molar-refractivity contribution in [2.45, 2.75) is 57.2 Å². The fraction of sp³-hybridized carbons (Fsp3) is 0.560. The van der Waals surface area contributed by atoms with Gasteiger partial charge >= 0.3 is 0 Å². The zero-order valence-corrected chi connectivity index (χ0v) is 20.1. The molecule has 9 nitrogen and oxygen atoms in total. The molecule has 1 aromatic rings. The molecule has 6 N–H and O–H groups in total. The largest absolute Gasteiger partial charge is 0.399 e. The molecule has 0 bridgehead atoms. The molecule has 1 aromatic carbocycles. The average Bonchev–Trinajstić information content (AvgIpc) is 2.81. The van der Waals surface area contributed by atoms with Crippen molar-refractivity contribution in [1.82, 2.24) is 26.2 Å². The number of hydrogen-bond donors (Lipinski definition) is 5. The van der Waals surface area contributed by atoms with Crippen LogP contribution in [-0.4, -0.2) is 61.5 Å². The number of likely N-dealkylation sites (tertiary alicyclic amines) is 1. The van der Waals surface area contributed by atoms with Crippen LogP contribution >= 0.6 is 0 Å². The smallest absolute Gasteiger partial charge is 0.243 e. The van der Waals surface area contributed by atoms with Crippen LogP contribution < -0.4 is 27.0 Å². The van der Waals surface area contributed by atoms with E-state index in [1.165, 1.54) is 6.42 Å². The topological polar surface area (TPSA) is 129 Å². The highest BCUT2D eigenvalue weighted by Crippen LogP contribution is 2.29. The number of amides is 3. The van der Waals surface area contributed by atoms with Gasteiger partial charge in [0, 0.05) is 18.8 Å². The molecule has 3 amide bonds. The Balaban J connectivity index is 1.57. The number of nitrogens with two attached hydrogens (primary N) is 1. The van der Waals surface area contributed by atoms with Crippen LogP contribution in [-0.2, 0) is 20.9 Å². The lowest BCUT2D eigenvalue weighted by molar-refractivity contribution is -0.150. The molecule has 2 fully saturated rings. The number of hydrogen-bond acceptors (Lipinski definition) is 6. The minimum absolute atomic E-state index is 0.0739. The fourth-order valence-corrected chi connectivity index (χ4v) is 4.62. The van der Waals surface area contributed by atoms with E-state index in [0.29, 0.717) is 31.9 Å². The first-order valence-electron chi connectivity index (χ1n) is 12.2. The lowest BCUT2D eigenvalue weighted by Crippen LogP contribution is -2.63. The van der Waals surface area contributed by atoms with Crippen molar-refractivity contribution in [2.75, 3.05) is 26.8 Å². The molecule has 0 radical (unpaired) electrons. The van der Waals surface area contributed by atoms with Gasteiger partial charge in [-0.25, -0.2) is 0 Å². The molecule has 1 aliphatic heterocycles. The van der Waals surface area contributed by atoms with Gasteiger partial charge in [-0.1, -0.05) is 50.1 Å². The molecule has 1 saturated carbocycles. The van der Waals surface area contributed by atoms with E-state index >= 15 is 0 Å². The van der Waals surface area contributed by atoms with Crippen molar-refractivity contribution in [3.05, 3.63) is 42.0 Å². The molecule has 9 heteroatoms.